The molecule has 1 heterocycles. The van der Waals surface area contributed by atoms with E-state index in [4.69, 9.17) is 9.47 Å². The first-order chi connectivity index (χ1) is 17.0. The minimum absolute atomic E-state index is 0.00891. The third kappa shape index (κ3) is 7.89. The standard InChI is InChI=1S/C23H31N5O8/c1-12(2)5-16(23(33)34)28-22(32)15(8-14-9-24-11-26-14)27-19(29)10-25-21(31)13-6-17(35-3)20(30)18(7-13)36-4/h6-7,9,11-12,15-16,30H,5,8,10H2,1-4H3,(H,24,26)(H,25,31)(H,27,29)(H,28,32)(H,33,34)/t15-,16-/m0/s1. The quantitative estimate of drug-likeness (QED) is 0.221. The van der Waals surface area contributed by atoms with Gasteiger partial charge < -0.3 is 40.6 Å². The number of nitrogens with one attached hydrogen (secondary N) is 4. The molecule has 0 saturated carbocycles. The van der Waals surface area contributed by atoms with Crippen LogP contribution in [0, 0.1) is 5.92 Å². The number of amides is 3. The van der Waals surface area contributed by atoms with Gasteiger partial charge in [-0.25, -0.2) is 9.78 Å². The van der Waals surface area contributed by atoms with Crippen LogP contribution in [-0.4, -0.2) is 76.7 Å². The lowest BCUT2D eigenvalue weighted by Gasteiger charge is -2.22. The number of methoxy groups -OCH3 is 2. The predicted molar refractivity (Wildman–Crippen MR) is 127 cm³/mol. The second-order valence-electron chi connectivity index (χ2n) is 8.34. The molecule has 13 nitrogen and oxygen atoms in total. The van der Waals surface area contributed by atoms with Gasteiger partial charge in [-0.2, -0.15) is 0 Å². The first kappa shape index (κ1) is 28.0. The first-order valence-corrected chi connectivity index (χ1v) is 11.1. The Bertz CT molecular complexity index is 1050. The van der Waals surface area contributed by atoms with Gasteiger partial charge in [0.1, 0.15) is 12.1 Å². The number of phenolic OH excluding ortho intramolecular Hbond substituents is 1. The van der Waals surface area contributed by atoms with Crippen LogP contribution in [0.4, 0.5) is 0 Å². The van der Waals surface area contributed by atoms with Gasteiger partial charge in [0.15, 0.2) is 11.5 Å². The number of aliphatic carboxylic acids is 1. The summed E-state index contributed by atoms with van der Waals surface area (Å²) in [5.41, 5.74) is 0.609. The van der Waals surface area contributed by atoms with E-state index < -0.39 is 42.3 Å². The first-order valence-electron chi connectivity index (χ1n) is 11.1. The van der Waals surface area contributed by atoms with E-state index in [1.54, 1.807) is 0 Å². The minimum Gasteiger partial charge on any atom is -0.502 e. The van der Waals surface area contributed by atoms with E-state index in [2.05, 4.69) is 25.9 Å². The smallest absolute Gasteiger partial charge is 0.326 e. The normalized spacial score (nSPS) is 12.4. The van der Waals surface area contributed by atoms with Crippen molar-refractivity contribution < 1.29 is 38.9 Å². The number of benzene rings is 1. The molecule has 196 valence electrons. The van der Waals surface area contributed by atoms with E-state index in [-0.39, 0.29) is 41.6 Å². The Kier molecular flexibility index (Phi) is 10.1. The predicted octanol–water partition coefficient (Wildman–Crippen LogP) is 0.205. The summed E-state index contributed by atoms with van der Waals surface area (Å²) in [5, 5.41) is 26.8. The third-order valence-electron chi connectivity index (χ3n) is 5.10. The number of carbonyl (C=O) groups is 4. The molecule has 0 fully saturated rings. The molecule has 6 N–H and O–H groups in total. The van der Waals surface area contributed by atoms with Crippen molar-refractivity contribution in [2.45, 2.75) is 38.8 Å². The fourth-order valence-corrected chi connectivity index (χ4v) is 3.32. The number of ether oxygens (including phenoxy) is 2. The number of aromatic nitrogens is 2. The highest BCUT2D eigenvalue weighted by molar-refractivity contribution is 5.98. The third-order valence-corrected chi connectivity index (χ3v) is 5.10. The monoisotopic (exact) mass is 505 g/mol. The maximum absolute atomic E-state index is 12.9. The van der Waals surface area contributed by atoms with Crippen LogP contribution in [0.15, 0.2) is 24.7 Å². The zero-order chi connectivity index (χ0) is 26.8. The Morgan fingerprint density at radius 1 is 1.06 bits per heavy atom. The molecule has 0 radical (unpaired) electrons. The molecule has 13 heteroatoms. The molecule has 0 aliphatic rings. The number of phenols is 1. The Morgan fingerprint density at radius 2 is 1.69 bits per heavy atom. The molecule has 0 bridgehead atoms. The molecule has 0 aliphatic carbocycles. The van der Waals surface area contributed by atoms with Crippen molar-refractivity contribution in [2.24, 2.45) is 5.92 Å². The van der Waals surface area contributed by atoms with Gasteiger partial charge in [-0.15, -0.1) is 0 Å². The highest BCUT2D eigenvalue weighted by Gasteiger charge is 2.28. The summed E-state index contributed by atoms with van der Waals surface area (Å²) in [6.07, 6.45) is 3.11. The second kappa shape index (κ2) is 13.0. The van der Waals surface area contributed by atoms with E-state index in [1.165, 1.54) is 38.9 Å². The van der Waals surface area contributed by atoms with E-state index in [9.17, 15) is 29.4 Å². The van der Waals surface area contributed by atoms with Gasteiger partial charge in [0.05, 0.1) is 27.1 Å². The molecule has 1 aromatic heterocycles. The van der Waals surface area contributed by atoms with E-state index in [1.807, 2.05) is 13.8 Å². The van der Waals surface area contributed by atoms with Crippen LogP contribution in [0.3, 0.4) is 0 Å². The number of carboxylic acid groups (broad SMARTS) is 1. The lowest BCUT2D eigenvalue weighted by atomic mass is 10.0. The average molecular weight is 506 g/mol. The number of imidazole rings is 1. The van der Waals surface area contributed by atoms with Gasteiger partial charge >= 0.3 is 5.97 Å². The fourth-order valence-electron chi connectivity index (χ4n) is 3.32. The van der Waals surface area contributed by atoms with Crippen LogP contribution in [0.5, 0.6) is 17.2 Å². The van der Waals surface area contributed by atoms with Crippen LogP contribution in [0.1, 0.15) is 36.3 Å². The van der Waals surface area contributed by atoms with Gasteiger partial charge in [0, 0.05) is 23.9 Å². The number of nitrogens with zero attached hydrogens (tertiary/aromatic N) is 1. The Balaban J connectivity index is 2.08. The maximum atomic E-state index is 12.9. The zero-order valence-corrected chi connectivity index (χ0v) is 20.5. The molecule has 36 heavy (non-hydrogen) atoms. The highest BCUT2D eigenvalue weighted by atomic mass is 16.5. The number of hydrogen-bond acceptors (Lipinski definition) is 8. The van der Waals surface area contributed by atoms with Crippen molar-refractivity contribution in [3.8, 4) is 17.2 Å². The second-order valence-corrected chi connectivity index (χ2v) is 8.34. The lowest BCUT2D eigenvalue weighted by Crippen LogP contribution is -2.54. The largest absolute Gasteiger partial charge is 0.502 e. The maximum Gasteiger partial charge on any atom is 0.326 e. The Morgan fingerprint density at radius 3 is 2.19 bits per heavy atom. The van der Waals surface area contributed by atoms with Gasteiger partial charge in [-0.3, -0.25) is 14.4 Å². The van der Waals surface area contributed by atoms with Crippen molar-refractivity contribution in [1.82, 2.24) is 25.9 Å². The average Bonchev–Trinajstić information content (AvgIpc) is 3.34. The van der Waals surface area contributed by atoms with Gasteiger partial charge in [-0.05, 0) is 24.5 Å². The number of carboxylic acids is 1. The van der Waals surface area contributed by atoms with Crippen LogP contribution < -0.4 is 25.4 Å². The van der Waals surface area contributed by atoms with Gasteiger partial charge in [0.25, 0.3) is 5.91 Å². The van der Waals surface area contributed by atoms with Gasteiger partial charge in [0.2, 0.25) is 17.6 Å². The summed E-state index contributed by atoms with van der Waals surface area (Å²) in [7, 11) is 2.62. The molecule has 0 aliphatic heterocycles. The number of hydrogen-bond donors (Lipinski definition) is 6. The fraction of sp³-hybridized carbons (Fsp3) is 0.435. The molecule has 1 aromatic carbocycles. The van der Waals surface area contributed by atoms with Gasteiger partial charge in [-0.1, -0.05) is 13.8 Å². The molecule has 2 aromatic rings. The van der Waals surface area contributed by atoms with E-state index >= 15 is 0 Å². The van der Waals surface area contributed by atoms with E-state index in [0.717, 1.165) is 0 Å². The number of aromatic hydroxyl groups is 1. The molecule has 0 saturated heterocycles. The van der Waals surface area contributed by atoms with Crippen LogP contribution in [0.2, 0.25) is 0 Å². The zero-order valence-electron chi connectivity index (χ0n) is 20.5. The molecule has 2 atom stereocenters. The molecule has 0 spiro atoms. The molecule has 0 unspecified atom stereocenters. The topological polar surface area (TPSA) is 192 Å². The van der Waals surface area contributed by atoms with Crippen molar-refractivity contribution in [3.63, 3.8) is 0 Å². The van der Waals surface area contributed by atoms with E-state index in [0.29, 0.717) is 5.69 Å². The lowest BCUT2D eigenvalue weighted by molar-refractivity contribution is -0.142. The van der Waals surface area contributed by atoms with Crippen LogP contribution in [0.25, 0.3) is 0 Å². The Hall–Kier alpha value is -4.29. The molecule has 3 amide bonds. The van der Waals surface area contributed by atoms with Crippen LogP contribution >= 0.6 is 0 Å². The summed E-state index contributed by atoms with van der Waals surface area (Å²) < 4.78 is 10.0. The SMILES string of the molecule is COc1cc(C(=O)NCC(=O)N[C@@H](Cc2cnc[nH]2)C(=O)N[C@@H](CC(C)C)C(=O)O)cc(OC)c1O. The van der Waals surface area contributed by atoms with Crippen molar-refractivity contribution in [3.05, 3.63) is 35.9 Å². The summed E-state index contributed by atoms with van der Waals surface area (Å²) >= 11 is 0. The number of carbonyl (C=O) groups excluding carboxylic acids is 3. The van der Waals surface area contributed by atoms with Crippen molar-refractivity contribution in [1.29, 1.82) is 0 Å². The summed E-state index contributed by atoms with van der Waals surface area (Å²) in [6, 6.07) is 0.302. The molecular weight excluding hydrogens is 474 g/mol. The number of H-pyrrole nitrogens is 1. The number of rotatable bonds is 13. The summed E-state index contributed by atoms with van der Waals surface area (Å²) in [4.78, 5) is 56.3. The summed E-state index contributed by atoms with van der Waals surface area (Å²) in [5.74, 6) is -3.46. The van der Waals surface area contributed by atoms with Crippen molar-refractivity contribution in [2.75, 3.05) is 20.8 Å². The minimum atomic E-state index is -1.18. The van der Waals surface area contributed by atoms with Crippen molar-refractivity contribution >= 4 is 23.7 Å². The summed E-state index contributed by atoms with van der Waals surface area (Å²) in [6.45, 7) is 3.17. The Labute approximate surface area is 207 Å². The highest BCUT2D eigenvalue weighted by Crippen LogP contribution is 2.37. The molecular formula is C23H31N5O8. The number of aromatic amines is 1. The van der Waals surface area contributed by atoms with Crippen LogP contribution in [-0.2, 0) is 20.8 Å². The molecule has 2 rings (SSSR count).